The van der Waals surface area contributed by atoms with Gasteiger partial charge in [-0.2, -0.15) is 0 Å². The summed E-state index contributed by atoms with van der Waals surface area (Å²) in [4.78, 5) is 26.6. The SMILES string of the molecule is CCOC(=O)C1CCN(C(=O)C(C)Sc2nnc(COc3ccc(C(C)C)cc3)n2N)CC1. The van der Waals surface area contributed by atoms with Crippen LogP contribution in [0.1, 0.15) is 57.8 Å². The number of rotatable bonds is 9. The smallest absolute Gasteiger partial charge is 0.309 e. The lowest BCUT2D eigenvalue weighted by atomic mass is 9.97. The predicted octanol–water partition coefficient (Wildman–Crippen LogP) is 2.98. The zero-order valence-electron chi connectivity index (χ0n) is 19.7. The number of amides is 1. The second kappa shape index (κ2) is 11.4. The normalized spacial score (nSPS) is 15.5. The number of carbonyl (C=O) groups is 2. The molecule has 1 saturated heterocycles. The molecule has 3 rings (SSSR count). The van der Waals surface area contributed by atoms with Gasteiger partial charge in [0.1, 0.15) is 12.4 Å². The molecular formula is C23H33N5O4S. The molecule has 0 radical (unpaired) electrons. The Balaban J connectivity index is 1.51. The Kier molecular flexibility index (Phi) is 8.60. The molecule has 2 N–H and O–H groups in total. The minimum absolute atomic E-state index is 0.00616. The number of nitrogens with two attached hydrogens (primary N) is 1. The third kappa shape index (κ3) is 6.40. The molecule has 1 aliphatic rings. The van der Waals surface area contributed by atoms with Crippen molar-refractivity contribution in [3.8, 4) is 5.75 Å². The summed E-state index contributed by atoms with van der Waals surface area (Å²) in [6.07, 6.45) is 1.24. The van der Waals surface area contributed by atoms with E-state index in [1.165, 1.54) is 22.0 Å². The summed E-state index contributed by atoms with van der Waals surface area (Å²) in [6.45, 7) is 9.54. The number of thioether (sulfide) groups is 1. The predicted molar refractivity (Wildman–Crippen MR) is 126 cm³/mol. The first kappa shape index (κ1) is 24.9. The van der Waals surface area contributed by atoms with E-state index >= 15 is 0 Å². The molecule has 0 bridgehead atoms. The number of hydrogen-bond acceptors (Lipinski definition) is 8. The first-order chi connectivity index (χ1) is 15.8. The highest BCUT2D eigenvalue weighted by Crippen LogP contribution is 2.26. The molecule has 1 aromatic heterocycles. The summed E-state index contributed by atoms with van der Waals surface area (Å²) in [6, 6.07) is 7.93. The van der Waals surface area contributed by atoms with E-state index in [-0.39, 0.29) is 29.7 Å². The van der Waals surface area contributed by atoms with E-state index in [9.17, 15) is 9.59 Å². The molecule has 33 heavy (non-hydrogen) atoms. The van der Waals surface area contributed by atoms with Gasteiger partial charge in [0.15, 0.2) is 5.82 Å². The van der Waals surface area contributed by atoms with Crippen molar-refractivity contribution in [2.24, 2.45) is 5.92 Å². The maximum atomic E-state index is 12.9. The van der Waals surface area contributed by atoms with Crippen molar-refractivity contribution in [1.82, 2.24) is 19.8 Å². The fraction of sp³-hybridized carbons (Fsp3) is 0.565. The third-order valence-electron chi connectivity index (χ3n) is 5.71. The van der Waals surface area contributed by atoms with Crippen molar-refractivity contribution in [3.05, 3.63) is 35.7 Å². The first-order valence-corrected chi connectivity index (χ1v) is 12.2. The number of carbonyl (C=O) groups excluding carboxylic acids is 2. The van der Waals surface area contributed by atoms with Crippen LogP contribution in [0.3, 0.4) is 0 Å². The molecule has 10 heteroatoms. The maximum Gasteiger partial charge on any atom is 0.309 e. The fourth-order valence-corrected chi connectivity index (χ4v) is 4.52. The van der Waals surface area contributed by atoms with E-state index in [1.807, 2.05) is 31.2 Å². The zero-order valence-corrected chi connectivity index (χ0v) is 20.5. The molecule has 1 unspecified atom stereocenters. The number of esters is 1. The van der Waals surface area contributed by atoms with Crippen LogP contribution in [-0.2, 0) is 20.9 Å². The van der Waals surface area contributed by atoms with Gasteiger partial charge in [-0.05, 0) is 50.3 Å². The van der Waals surface area contributed by atoms with Gasteiger partial charge in [0.25, 0.3) is 0 Å². The number of benzene rings is 1. The average molecular weight is 476 g/mol. The van der Waals surface area contributed by atoms with Crippen LogP contribution in [0.15, 0.2) is 29.4 Å². The number of ether oxygens (including phenoxy) is 2. The number of piperidine rings is 1. The minimum atomic E-state index is -0.381. The van der Waals surface area contributed by atoms with Gasteiger partial charge in [0.05, 0.1) is 17.8 Å². The Bertz CT molecular complexity index is 939. The van der Waals surface area contributed by atoms with Gasteiger partial charge in [-0.15, -0.1) is 10.2 Å². The van der Waals surface area contributed by atoms with E-state index in [1.54, 1.807) is 11.8 Å². The second-order valence-electron chi connectivity index (χ2n) is 8.39. The Morgan fingerprint density at radius 1 is 1.15 bits per heavy atom. The van der Waals surface area contributed by atoms with Crippen LogP contribution in [0.2, 0.25) is 0 Å². The highest BCUT2D eigenvalue weighted by molar-refractivity contribution is 8.00. The molecular weight excluding hydrogens is 442 g/mol. The molecule has 9 nitrogen and oxygen atoms in total. The lowest BCUT2D eigenvalue weighted by Crippen LogP contribution is -2.43. The van der Waals surface area contributed by atoms with Crippen molar-refractivity contribution < 1.29 is 19.1 Å². The summed E-state index contributed by atoms with van der Waals surface area (Å²) in [5.41, 5.74) is 1.24. The molecule has 180 valence electrons. The summed E-state index contributed by atoms with van der Waals surface area (Å²) < 4.78 is 12.2. The standard InChI is InChI=1S/C23H33N5O4S/c1-5-31-22(30)18-10-12-27(13-11-18)21(29)16(4)33-23-26-25-20(28(23)24)14-32-19-8-6-17(7-9-19)15(2)3/h6-9,15-16,18H,5,10-14,24H2,1-4H3. The Morgan fingerprint density at radius 2 is 1.82 bits per heavy atom. The van der Waals surface area contributed by atoms with Crippen LogP contribution >= 0.6 is 11.8 Å². The molecule has 0 aliphatic carbocycles. The van der Waals surface area contributed by atoms with Gasteiger partial charge < -0.3 is 20.2 Å². The fourth-order valence-electron chi connectivity index (χ4n) is 3.64. The number of likely N-dealkylation sites (tertiary alicyclic amines) is 1. The third-order valence-corrected chi connectivity index (χ3v) is 6.75. The minimum Gasteiger partial charge on any atom is -0.486 e. The average Bonchev–Trinajstić information content (AvgIpc) is 3.16. The van der Waals surface area contributed by atoms with Gasteiger partial charge in [-0.25, -0.2) is 4.68 Å². The van der Waals surface area contributed by atoms with Gasteiger partial charge in [-0.3, -0.25) is 9.59 Å². The summed E-state index contributed by atoms with van der Waals surface area (Å²) in [5, 5.41) is 8.31. The molecule has 1 amide bonds. The van der Waals surface area contributed by atoms with E-state index in [4.69, 9.17) is 15.3 Å². The van der Waals surface area contributed by atoms with E-state index < -0.39 is 0 Å². The molecule has 1 atom stereocenters. The maximum absolute atomic E-state index is 12.9. The number of nitrogen functional groups attached to an aromatic ring is 1. The van der Waals surface area contributed by atoms with E-state index in [0.29, 0.717) is 49.4 Å². The molecule has 0 saturated carbocycles. The van der Waals surface area contributed by atoms with E-state index in [2.05, 4.69) is 24.0 Å². The van der Waals surface area contributed by atoms with Gasteiger partial charge >= 0.3 is 5.97 Å². The quantitative estimate of drug-likeness (QED) is 0.335. The summed E-state index contributed by atoms with van der Waals surface area (Å²) in [5.74, 6) is 7.50. The van der Waals surface area contributed by atoms with Crippen molar-refractivity contribution in [3.63, 3.8) is 0 Å². The second-order valence-corrected chi connectivity index (χ2v) is 9.70. The zero-order chi connectivity index (χ0) is 24.0. The van der Waals surface area contributed by atoms with Crippen molar-refractivity contribution in [1.29, 1.82) is 0 Å². The molecule has 1 aliphatic heterocycles. The summed E-state index contributed by atoms with van der Waals surface area (Å²) in [7, 11) is 0. The largest absolute Gasteiger partial charge is 0.486 e. The van der Waals surface area contributed by atoms with Crippen LogP contribution in [0.25, 0.3) is 0 Å². The van der Waals surface area contributed by atoms with Crippen molar-refractivity contribution in [2.75, 3.05) is 25.5 Å². The Labute approximate surface area is 199 Å². The van der Waals surface area contributed by atoms with Crippen LogP contribution < -0.4 is 10.6 Å². The van der Waals surface area contributed by atoms with Gasteiger partial charge in [0, 0.05) is 13.1 Å². The highest BCUT2D eigenvalue weighted by atomic mass is 32.2. The summed E-state index contributed by atoms with van der Waals surface area (Å²) >= 11 is 1.26. The lowest BCUT2D eigenvalue weighted by Gasteiger charge is -2.32. The molecule has 0 spiro atoms. The lowest BCUT2D eigenvalue weighted by molar-refractivity contribution is -0.151. The molecule has 1 aromatic carbocycles. The van der Waals surface area contributed by atoms with Gasteiger partial charge in [-0.1, -0.05) is 37.7 Å². The first-order valence-electron chi connectivity index (χ1n) is 11.3. The van der Waals surface area contributed by atoms with E-state index in [0.717, 1.165) is 5.75 Å². The number of nitrogens with zero attached hydrogens (tertiary/aromatic N) is 4. The molecule has 2 aromatic rings. The highest BCUT2D eigenvalue weighted by Gasteiger charge is 2.31. The van der Waals surface area contributed by atoms with Crippen LogP contribution in [0.4, 0.5) is 0 Å². The molecule has 2 heterocycles. The number of hydrogen-bond donors (Lipinski definition) is 1. The van der Waals surface area contributed by atoms with Crippen LogP contribution in [0.5, 0.6) is 5.75 Å². The van der Waals surface area contributed by atoms with Crippen LogP contribution in [-0.4, -0.2) is 56.6 Å². The Morgan fingerprint density at radius 3 is 2.42 bits per heavy atom. The number of aromatic nitrogens is 3. The monoisotopic (exact) mass is 475 g/mol. The molecule has 1 fully saturated rings. The van der Waals surface area contributed by atoms with Crippen LogP contribution in [0, 0.1) is 5.92 Å². The topological polar surface area (TPSA) is 113 Å². The van der Waals surface area contributed by atoms with Crippen molar-refractivity contribution >= 4 is 23.6 Å². The Hall–Kier alpha value is -2.75. The van der Waals surface area contributed by atoms with Crippen molar-refractivity contribution in [2.45, 2.75) is 63.5 Å². The van der Waals surface area contributed by atoms with Gasteiger partial charge in [0.2, 0.25) is 11.1 Å².